The number of hydrogen-bond donors (Lipinski definition) is 1. The van der Waals surface area contributed by atoms with E-state index in [-0.39, 0.29) is 15.9 Å². The van der Waals surface area contributed by atoms with E-state index < -0.39 is 35.3 Å². The number of hydrogen-bond acceptors (Lipinski definition) is 7. The van der Waals surface area contributed by atoms with Gasteiger partial charge in [-0.05, 0) is 77.3 Å². The van der Waals surface area contributed by atoms with Crippen LogP contribution >= 0.6 is 23.4 Å². The van der Waals surface area contributed by atoms with Gasteiger partial charge in [0.15, 0.2) is 0 Å². The molecule has 0 radical (unpaired) electrons. The highest BCUT2D eigenvalue weighted by molar-refractivity contribution is 8.18. The number of nitrogens with one attached hydrogen (secondary N) is 1. The van der Waals surface area contributed by atoms with Crippen LogP contribution in [0.25, 0.3) is 16.8 Å². The van der Waals surface area contributed by atoms with Crippen LogP contribution in [-0.4, -0.2) is 38.5 Å². The molecule has 0 unspecified atom stereocenters. The predicted octanol–water partition coefficient (Wildman–Crippen LogP) is 6.51. The Hall–Kier alpha value is -4.28. The molecular weight excluding hydrogens is 543 g/mol. The number of amides is 3. The van der Waals surface area contributed by atoms with Gasteiger partial charge in [0.25, 0.3) is 17.0 Å². The summed E-state index contributed by atoms with van der Waals surface area (Å²) in [4.78, 5) is 47.0. The summed E-state index contributed by atoms with van der Waals surface area (Å²) in [6, 6.07) is 16.3. The van der Waals surface area contributed by atoms with Crippen LogP contribution in [0.4, 0.5) is 14.9 Å². The van der Waals surface area contributed by atoms with Crippen molar-refractivity contribution in [2.45, 2.75) is 13.8 Å². The highest BCUT2D eigenvalue weighted by Crippen LogP contribution is 2.38. The largest absolute Gasteiger partial charge is 0.436 e. The third-order valence-corrected chi connectivity index (χ3v) is 7.03. The SMILES string of the molecule is Cc1ccc(C)c(NC(=O)CN2C(=O)S/C(=C/c3c(Oc4nc(Cl)ncc4F)ccc4ccccc34)C2=O)c1. The molecule has 5 rings (SSSR count). The number of nitrogens with zero attached hydrogens (tertiary/aromatic N) is 3. The molecule has 8 nitrogen and oxygen atoms in total. The summed E-state index contributed by atoms with van der Waals surface area (Å²) in [5.41, 5.74) is 2.85. The first kappa shape index (κ1) is 26.3. The Labute approximate surface area is 231 Å². The molecule has 4 aromatic rings. The van der Waals surface area contributed by atoms with Gasteiger partial charge in [-0.15, -0.1) is 0 Å². The van der Waals surface area contributed by atoms with Gasteiger partial charge in [-0.3, -0.25) is 19.3 Å². The molecule has 1 aliphatic rings. The van der Waals surface area contributed by atoms with Gasteiger partial charge in [-0.25, -0.2) is 4.98 Å². The minimum atomic E-state index is -0.825. The number of thioether (sulfide) groups is 1. The van der Waals surface area contributed by atoms with E-state index >= 15 is 0 Å². The molecule has 1 fully saturated rings. The molecule has 0 atom stereocenters. The first-order chi connectivity index (χ1) is 18.7. The fourth-order valence-corrected chi connectivity index (χ4v) is 4.94. The zero-order valence-corrected chi connectivity index (χ0v) is 22.3. The number of aryl methyl sites for hydroxylation is 2. The average molecular weight is 563 g/mol. The number of aromatic nitrogens is 2. The van der Waals surface area contributed by atoms with E-state index in [4.69, 9.17) is 16.3 Å². The van der Waals surface area contributed by atoms with Crippen molar-refractivity contribution in [3.8, 4) is 11.6 Å². The summed E-state index contributed by atoms with van der Waals surface area (Å²) >= 11 is 6.51. The van der Waals surface area contributed by atoms with Crippen molar-refractivity contribution in [1.29, 1.82) is 0 Å². The van der Waals surface area contributed by atoms with Crippen molar-refractivity contribution in [2.75, 3.05) is 11.9 Å². The summed E-state index contributed by atoms with van der Waals surface area (Å²) in [5.74, 6) is -2.17. The minimum absolute atomic E-state index is 0.0851. The highest BCUT2D eigenvalue weighted by atomic mass is 35.5. The third kappa shape index (κ3) is 5.62. The molecule has 1 aromatic heterocycles. The number of ether oxygens (including phenoxy) is 1. The molecule has 2 heterocycles. The van der Waals surface area contributed by atoms with Crippen molar-refractivity contribution >= 4 is 63.0 Å². The standard InChI is InChI=1S/C28H20ClFN4O4S/c1-15-7-8-16(2)21(11-15)32-24(35)14-34-26(36)23(39-28(34)37)12-19-18-6-4-3-5-17(18)9-10-22(19)38-25-20(30)13-31-27(29)33-25/h3-13H,14H2,1-2H3,(H,32,35)/b23-12+. The molecule has 0 aliphatic carbocycles. The number of carbonyl (C=O) groups is 3. The molecule has 1 saturated heterocycles. The van der Waals surface area contributed by atoms with Crippen LogP contribution in [0.2, 0.25) is 5.28 Å². The molecule has 3 aromatic carbocycles. The number of fused-ring (bicyclic) bond motifs is 1. The number of carbonyl (C=O) groups excluding carboxylic acids is 3. The van der Waals surface area contributed by atoms with E-state index in [1.54, 1.807) is 24.3 Å². The Balaban J connectivity index is 1.45. The van der Waals surface area contributed by atoms with Crippen molar-refractivity contribution in [3.63, 3.8) is 0 Å². The van der Waals surface area contributed by atoms with Gasteiger partial charge in [-0.1, -0.05) is 42.5 Å². The lowest BCUT2D eigenvalue weighted by Gasteiger charge is -2.14. The van der Waals surface area contributed by atoms with Gasteiger partial charge in [0.1, 0.15) is 12.3 Å². The molecule has 11 heteroatoms. The highest BCUT2D eigenvalue weighted by Gasteiger charge is 2.36. The van der Waals surface area contributed by atoms with Crippen LogP contribution in [0.15, 0.2) is 65.7 Å². The van der Waals surface area contributed by atoms with Gasteiger partial charge in [0.2, 0.25) is 17.0 Å². The number of halogens is 2. The van der Waals surface area contributed by atoms with Crippen LogP contribution in [0.1, 0.15) is 16.7 Å². The Morgan fingerprint density at radius 3 is 2.77 bits per heavy atom. The van der Waals surface area contributed by atoms with Crippen LogP contribution in [0, 0.1) is 19.7 Å². The lowest BCUT2D eigenvalue weighted by Crippen LogP contribution is -2.36. The van der Waals surface area contributed by atoms with E-state index in [9.17, 15) is 18.8 Å². The third-order valence-electron chi connectivity index (χ3n) is 5.94. The molecule has 1 aliphatic heterocycles. The second-order valence-corrected chi connectivity index (χ2v) is 10.1. The van der Waals surface area contributed by atoms with E-state index in [0.29, 0.717) is 28.4 Å². The summed E-state index contributed by atoms with van der Waals surface area (Å²) in [5, 5.41) is 3.49. The van der Waals surface area contributed by atoms with Crippen molar-refractivity contribution in [3.05, 3.63) is 93.5 Å². The van der Waals surface area contributed by atoms with E-state index in [2.05, 4.69) is 15.3 Å². The Morgan fingerprint density at radius 1 is 1.15 bits per heavy atom. The van der Waals surface area contributed by atoms with Crippen LogP contribution in [0.3, 0.4) is 0 Å². The predicted molar refractivity (Wildman–Crippen MR) is 148 cm³/mol. The summed E-state index contributed by atoms with van der Waals surface area (Å²) < 4.78 is 20.1. The van der Waals surface area contributed by atoms with Gasteiger partial charge >= 0.3 is 0 Å². The number of rotatable bonds is 6. The number of benzene rings is 3. The summed E-state index contributed by atoms with van der Waals surface area (Å²) in [6.45, 7) is 3.30. The Kier molecular flexibility index (Phi) is 7.32. The van der Waals surface area contributed by atoms with E-state index in [1.165, 1.54) is 6.08 Å². The maximum Gasteiger partial charge on any atom is 0.294 e. The fourth-order valence-electron chi connectivity index (χ4n) is 3.99. The average Bonchev–Trinajstić information content (AvgIpc) is 3.16. The maximum absolute atomic E-state index is 14.3. The molecule has 3 amide bonds. The monoisotopic (exact) mass is 562 g/mol. The minimum Gasteiger partial charge on any atom is -0.436 e. The molecule has 0 bridgehead atoms. The van der Waals surface area contributed by atoms with Crippen molar-refractivity contribution < 1.29 is 23.5 Å². The topological polar surface area (TPSA) is 101 Å². The van der Waals surface area contributed by atoms with Crippen molar-refractivity contribution in [1.82, 2.24) is 14.9 Å². The van der Waals surface area contributed by atoms with Gasteiger partial charge < -0.3 is 10.1 Å². The first-order valence-corrected chi connectivity index (χ1v) is 12.9. The molecule has 1 N–H and O–H groups in total. The molecular formula is C28H20ClFN4O4S. The zero-order valence-electron chi connectivity index (χ0n) is 20.7. The molecule has 0 saturated carbocycles. The van der Waals surface area contributed by atoms with E-state index in [1.807, 2.05) is 44.2 Å². The smallest absolute Gasteiger partial charge is 0.294 e. The number of anilines is 1. The lowest BCUT2D eigenvalue weighted by molar-refractivity contribution is -0.127. The Morgan fingerprint density at radius 2 is 1.95 bits per heavy atom. The summed E-state index contributed by atoms with van der Waals surface area (Å²) in [7, 11) is 0. The second-order valence-electron chi connectivity index (χ2n) is 8.73. The molecule has 196 valence electrons. The van der Waals surface area contributed by atoms with Crippen LogP contribution in [0.5, 0.6) is 11.6 Å². The number of imide groups is 1. The quantitative estimate of drug-likeness (QED) is 0.211. The van der Waals surface area contributed by atoms with Crippen LogP contribution in [-0.2, 0) is 9.59 Å². The van der Waals surface area contributed by atoms with Gasteiger partial charge in [-0.2, -0.15) is 9.37 Å². The molecule has 39 heavy (non-hydrogen) atoms. The van der Waals surface area contributed by atoms with E-state index in [0.717, 1.165) is 27.6 Å². The van der Waals surface area contributed by atoms with Crippen molar-refractivity contribution in [2.24, 2.45) is 0 Å². The Bertz CT molecular complexity index is 1690. The molecule has 0 spiro atoms. The zero-order chi connectivity index (χ0) is 27.7. The normalized spacial score (nSPS) is 14.4. The second kappa shape index (κ2) is 10.8. The van der Waals surface area contributed by atoms with Crippen LogP contribution < -0.4 is 10.1 Å². The van der Waals surface area contributed by atoms with Gasteiger partial charge in [0.05, 0.1) is 11.1 Å². The maximum atomic E-state index is 14.3. The lowest BCUT2D eigenvalue weighted by atomic mass is 10.0. The summed E-state index contributed by atoms with van der Waals surface area (Å²) in [6.07, 6.45) is 2.38. The fraction of sp³-hybridized carbons (Fsp3) is 0.107. The first-order valence-electron chi connectivity index (χ1n) is 11.7. The van der Waals surface area contributed by atoms with Gasteiger partial charge in [0, 0.05) is 11.3 Å².